The highest BCUT2D eigenvalue weighted by Crippen LogP contribution is 2.24. The van der Waals surface area contributed by atoms with E-state index in [4.69, 9.17) is 4.42 Å². The molecule has 1 aliphatic rings. The highest BCUT2D eigenvalue weighted by molar-refractivity contribution is 7.99. The van der Waals surface area contributed by atoms with Gasteiger partial charge in [0.2, 0.25) is 11.8 Å². The molecule has 1 heterocycles. The third kappa shape index (κ3) is 5.21. The van der Waals surface area contributed by atoms with Crippen LogP contribution in [0, 0.1) is 13.8 Å². The third-order valence-electron chi connectivity index (χ3n) is 4.64. The Kier molecular flexibility index (Phi) is 6.50. The van der Waals surface area contributed by atoms with Gasteiger partial charge in [0, 0.05) is 12.1 Å². The fraction of sp³-hybridized carbons (Fsp3) is 0.450. The number of nitrogens with zero attached hydrogens (tertiary/aromatic N) is 2. The van der Waals surface area contributed by atoms with Crippen LogP contribution in [0.5, 0.6) is 0 Å². The summed E-state index contributed by atoms with van der Waals surface area (Å²) in [5, 5.41) is 11.5. The van der Waals surface area contributed by atoms with Gasteiger partial charge in [-0.3, -0.25) is 4.79 Å². The number of nitrogens with one attached hydrogen (secondary N) is 1. The Morgan fingerprint density at radius 1 is 1.23 bits per heavy atom. The summed E-state index contributed by atoms with van der Waals surface area (Å²) in [6, 6.07) is 6.04. The van der Waals surface area contributed by atoms with E-state index in [0.29, 0.717) is 17.7 Å². The van der Waals surface area contributed by atoms with Gasteiger partial charge in [-0.05, 0) is 69.2 Å². The van der Waals surface area contributed by atoms with Crippen molar-refractivity contribution in [3.05, 3.63) is 41.0 Å². The number of carbonyl (C=O) groups excluding carboxylic acids is 1. The number of amides is 1. The van der Waals surface area contributed by atoms with Crippen LogP contribution in [0.4, 0.5) is 0 Å². The van der Waals surface area contributed by atoms with Gasteiger partial charge in [0.1, 0.15) is 0 Å². The smallest absolute Gasteiger partial charge is 0.277 e. The fourth-order valence-corrected chi connectivity index (χ4v) is 3.52. The molecule has 0 bridgehead atoms. The van der Waals surface area contributed by atoms with Gasteiger partial charge in [0.25, 0.3) is 5.22 Å². The Balaban J connectivity index is 1.44. The molecule has 0 spiro atoms. The largest absolute Gasteiger partial charge is 0.411 e. The molecule has 0 saturated heterocycles. The number of carbonyl (C=O) groups is 1. The van der Waals surface area contributed by atoms with Gasteiger partial charge in [-0.2, -0.15) is 0 Å². The van der Waals surface area contributed by atoms with E-state index >= 15 is 0 Å². The maximum absolute atomic E-state index is 12.0. The van der Waals surface area contributed by atoms with Gasteiger partial charge < -0.3 is 9.73 Å². The Morgan fingerprint density at radius 2 is 2.12 bits per heavy atom. The van der Waals surface area contributed by atoms with Crippen molar-refractivity contribution < 1.29 is 9.21 Å². The summed E-state index contributed by atoms with van der Waals surface area (Å²) in [6.45, 7) is 4.82. The number of thioether (sulfide) groups is 1. The maximum Gasteiger partial charge on any atom is 0.277 e. The van der Waals surface area contributed by atoms with Crippen molar-refractivity contribution in [3.63, 3.8) is 0 Å². The molecule has 1 aliphatic carbocycles. The highest BCUT2D eigenvalue weighted by Gasteiger charge is 2.12. The molecular formula is C20H25N3O2S. The van der Waals surface area contributed by atoms with Gasteiger partial charge in [-0.25, -0.2) is 0 Å². The fourth-order valence-electron chi connectivity index (χ4n) is 2.93. The van der Waals surface area contributed by atoms with Gasteiger partial charge in [-0.15, -0.1) is 10.2 Å². The molecule has 1 aromatic carbocycles. The van der Waals surface area contributed by atoms with Crippen LogP contribution in [0.25, 0.3) is 11.5 Å². The maximum atomic E-state index is 12.0. The highest BCUT2D eigenvalue weighted by atomic mass is 32.2. The van der Waals surface area contributed by atoms with E-state index in [1.165, 1.54) is 54.1 Å². The summed E-state index contributed by atoms with van der Waals surface area (Å²) in [4.78, 5) is 12.0. The van der Waals surface area contributed by atoms with Crippen LogP contribution in [-0.2, 0) is 4.79 Å². The molecule has 1 N–H and O–H groups in total. The van der Waals surface area contributed by atoms with E-state index < -0.39 is 0 Å². The summed E-state index contributed by atoms with van der Waals surface area (Å²) >= 11 is 1.27. The summed E-state index contributed by atoms with van der Waals surface area (Å²) in [6.07, 6.45) is 8.19. The molecule has 6 heteroatoms. The Morgan fingerprint density at radius 3 is 2.88 bits per heavy atom. The molecule has 0 atom stereocenters. The summed E-state index contributed by atoms with van der Waals surface area (Å²) in [7, 11) is 0. The predicted molar refractivity (Wildman–Crippen MR) is 104 cm³/mol. The summed E-state index contributed by atoms with van der Waals surface area (Å²) in [5.41, 5.74) is 4.78. The minimum absolute atomic E-state index is 0.00246. The van der Waals surface area contributed by atoms with Crippen molar-refractivity contribution in [2.75, 3.05) is 12.3 Å². The molecule has 0 radical (unpaired) electrons. The van der Waals surface area contributed by atoms with Gasteiger partial charge in [0.05, 0.1) is 5.75 Å². The molecule has 2 aromatic rings. The van der Waals surface area contributed by atoms with Crippen LogP contribution < -0.4 is 5.32 Å². The number of hydrogen-bond acceptors (Lipinski definition) is 5. The first-order valence-electron chi connectivity index (χ1n) is 9.10. The monoisotopic (exact) mass is 371 g/mol. The second-order valence-electron chi connectivity index (χ2n) is 6.67. The van der Waals surface area contributed by atoms with Gasteiger partial charge in [0.15, 0.2) is 0 Å². The number of aryl methyl sites for hydroxylation is 2. The van der Waals surface area contributed by atoms with E-state index in [2.05, 4.69) is 35.4 Å². The lowest BCUT2D eigenvalue weighted by atomic mass is 9.97. The van der Waals surface area contributed by atoms with E-state index in [-0.39, 0.29) is 11.7 Å². The van der Waals surface area contributed by atoms with Crippen molar-refractivity contribution in [2.24, 2.45) is 0 Å². The summed E-state index contributed by atoms with van der Waals surface area (Å²) in [5.74, 6) is 0.769. The zero-order valence-corrected chi connectivity index (χ0v) is 16.2. The van der Waals surface area contributed by atoms with Crippen molar-refractivity contribution in [2.45, 2.75) is 51.2 Å². The summed E-state index contributed by atoms with van der Waals surface area (Å²) < 4.78 is 5.67. The Bertz CT molecular complexity index is 798. The standard InChI is InChI=1S/C20H25N3O2S/c1-14-8-9-17(12-15(14)2)19-22-23-20(25-19)26-13-18(24)21-11-10-16-6-4-3-5-7-16/h6,8-9,12H,3-5,7,10-11,13H2,1-2H3,(H,21,24). The lowest BCUT2D eigenvalue weighted by Crippen LogP contribution is -2.26. The average Bonchev–Trinajstić information content (AvgIpc) is 3.12. The van der Waals surface area contributed by atoms with Crippen molar-refractivity contribution in [1.82, 2.24) is 15.5 Å². The normalized spacial score (nSPS) is 14.2. The predicted octanol–water partition coefficient (Wildman–Crippen LogP) is 4.45. The van der Waals surface area contributed by atoms with Gasteiger partial charge in [-0.1, -0.05) is 29.5 Å². The minimum Gasteiger partial charge on any atom is -0.411 e. The van der Waals surface area contributed by atoms with Crippen molar-refractivity contribution >= 4 is 17.7 Å². The molecular weight excluding hydrogens is 346 g/mol. The first-order chi connectivity index (χ1) is 12.6. The third-order valence-corrected chi connectivity index (χ3v) is 5.46. The Hall–Kier alpha value is -2.08. The van der Waals surface area contributed by atoms with E-state index in [9.17, 15) is 4.79 Å². The lowest BCUT2D eigenvalue weighted by Gasteiger charge is -2.12. The SMILES string of the molecule is Cc1ccc(-c2nnc(SCC(=O)NCCC3=CCCCC3)o2)cc1C. The van der Waals surface area contributed by atoms with Crippen LogP contribution in [-0.4, -0.2) is 28.4 Å². The molecule has 26 heavy (non-hydrogen) atoms. The number of benzene rings is 1. The van der Waals surface area contributed by atoms with Crippen LogP contribution in [0.3, 0.4) is 0 Å². The molecule has 0 fully saturated rings. The number of hydrogen-bond donors (Lipinski definition) is 1. The number of aromatic nitrogens is 2. The van der Waals surface area contributed by atoms with E-state index in [1.807, 2.05) is 18.2 Å². The molecule has 0 aliphatic heterocycles. The average molecular weight is 372 g/mol. The molecule has 5 nitrogen and oxygen atoms in total. The van der Waals surface area contributed by atoms with Gasteiger partial charge >= 0.3 is 0 Å². The van der Waals surface area contributed by atoms with Crippen LogP contribution >= 0.6 is 11.8 Å². The second-order valence-corrected chi connectivity index (χ2v) is 7.60. The van der Waals surface area contributed by atoms with Crippen molar-refractivity contribution in [3.8, 4) is 11.5 Å². The molecule has 0 saturated carbocycles. The second kappa shape index (κ2) is 9.03. The molecule has 1 amide bonds. The lowest BCUT2D eigenvalue weighted by molar-refractivity contribution is -0.118. The van der Waals surface area contributed by atoms with E-state index in [0.717, 1.165) is 12.0 Å². The first-order valence-corrected chi connectivity index (χ1v) is 10.1. The molecule has 138 valence electrons. The van der Waals surface area contributed by atoms with Crippen LogP contribution in [0.1, 0.15) is 43.2 Å². The number of rotatable bonds is 7. The molecule has 0 unspecified atom stereocenters. The topological polar surface area (TPSA) is 68.0 Å². The quantitative estimate of drug-likeness (QED) is 0.575. The Labute approximate surface area is 158 Å². The first kappa shape index (κ1) is 18.7. The van der Waals surface area contributed by atoms with Crippen molar-refractivity contribution in [1.29, 1.82) is 0 Å². The van der Waals surface area contributed by atoms with Crippen LogP contribution in [0.2, 0.25) is 0 Å². The molecule has 1 aromatic heterocycles. The molecule has 3 rings (SSSR count). The number of allylic oxidation sites excluding steroid dienone is 1. The van der Waals surface area contributed by atoms with Crippen LogP contribution in [0.15, 0.2) is 39.5 Å². The zero-order chi connectivity index (χ0) is 18.4. The van der Waals surface area contributed by atoms with E-state index in [1.54, 1.807) is 0 Å². The zero-order valence-electron chi connectivity index (χ0n) is 15.4. The minimum atomic E-state index is -0.00246.